The molecule has 1 N–H and O–H groups in total. The van der Waals surface area contributed by atoms with E-state index in [9.17, 15) is 4.79 Å². The third-order valence-electron chi connectivity index (χ3n) is 8.83. The highest BCUT2D eigenvalue weighted by molar-refractivity contribution is 6.48. The molecule has 36 heavy (non-hydrogen) atoms. The Kier molecular flexibility index (Phi) is 6.18. The minimum absolute atomic E-state index is 0.0553. The molecule has 2 heterocycles. The number of carbonyl (C=O) groups excluding carboxylic acids is 1. The van der Waals surface area contributed by atoms with Gasteiger partial charge in [-0.15, -0.1) is 0 Å². The van der Waals surface area contributed by atoms with Crippen molar-refractivity contribution in [1.29, 1.82) is 0 Å². The summed E-state index contributed by atoms with van der Waals surface area (Å²) >= 11 is 0. The van der Waals surface area contributed by atoms with E-state index >= 15 is 0 Å². The fraction of sp³-hybridized carbons (Fsp3) is 0.483. The van der Waals surface area contributed by atoms with E-state index in [0.29, 0.717) is 30.8 Å². The summed E-state index contributed by atoms with van der Waals surface area (Å²) in [5, 5.41) is 4.30. The molecule has 4 unspecified atom stereocenters. The first-order chi connectivity index (χ1) is 17.5. The highest BCUT2D eigenvalue weighted by Crippen LogP contribution is 2.59. The molecule has 4 aliphatic rings. The summed E-state index contributed by atoms with van der Waals surface area (Å²) in [6.07, 6.45) is 3.89. The van der Waals surface area contributed by atoms with Crippen LogP contribution in [0.2, 0.25) is 0 Å². The molecule has 1 aliphatic heterocycles. The maximum atomic E-state index is 13.6. The maximum Gasteiger partial charge on any atom is 0.482 e. The van der Waals surface area contributed by atoms with Gasteiger partial charge in [0.25, 0.3) is 5.91 Å². The second kappa shape index (κ2) is 9.36. The van der Waals surface area contributed by atoms with Gasteiger partial charge < -0.3 is 23.8 Å². The molecule has 0 radical (unpaired) electrons. The van der Waals surface area contributed by atoms with E-state index in [0.717, 1.165) is 28.5 Å². The second-order valence-corrected chi connectivity index (χ2v) is 10.8. The van der Waals surface area contributed by atoms with Crippen LogP contribution in [0.4, 0.5) is 0 Å². The number of furan rings is 1. The zero-order chi connectivity index (χ0) is 24.9. The van der Waals surface area contributed by atoms with Gasteiger partial charge in [0.15, 0.2) is 6.10 Å². The van der Waals surface area contributed by atoms with Crippen molar-refractivity contribution in [2.45, 2.75) is 63.8 Å². The average Bonchev–Trinajstić information content (AvgIpc) is 3.47. The lowest BCUT2D eigenvalue weighted by Crippen LogP contribution is -2.60. The van der Waals surface area contributed by atoms with E-state index in [2.05, 4.69) is 19.2 Å². The Hall–Kier alpha value is -2.61. The van der Waals surface area contributed by atoms with Crippen LogP contribution in [0.1, 0.15) is 50.8 Å². The van der Waals surface area contributed by atoms with Gasteiger partial charge in [-0.2, -0.15) is 0 Å². The number of hydrogen-bond acceptors (Lipinski definition) is 5. The smallest absolute Gasteiger partial charge is 0.464 e. The van der Waals surface area contributed by atoms with E-state index in [-0.39, 0.29) is 23.6 Å². The van der Waals surface area contributed by atoms with E-state index in [1.165, 1.54) is 6.42 Å². The predicted molar refractivity (Wildman–Crippen MR) is 138 cm³/mol. The monoisotopic (exact) mass is 487 g/mol. The molecular weight excluding hydrogens is 453 g/mol. The van der Waals surface area contributed by atoms with Gasteiger partial charge >= 0.3 is 7.12 Å². The van der Waals surface area contributed by atoms with Crippen LogP contribution in [0.25, 0.3) is 11.0 Å². The van der Waals surface area contributed by atoms with Crippen molar-refractivity contribution in [2.24, 2.45) is 17.8 Å². The Morgan fingerprint density at radius 1 is 1.17 bits per heavy atom. The number of hydrogen-bond donors (Lipinski definition) is 1. The Bertz CT molecular complexity index is 1230. The van der Waals surface area contributed by atoms with Crippen molar-refractivity contribution >= 4 is 24.0 Å². The van der Waals surface area contributed by atoms with Crippen LogP contribution in [-0.2, 0) is 25.3 Å². The molecule has 7 heteroatoms. The van der Waals surface area contributed by atoms with Crippen LogP contribution in [-0.4, -0.2) is 37.3 Å². The van der Waals surface area contributed by atoms with Gasteiger partial charge in [-0.1, -0.05) is 55.5 Å². The molecule has 0 spiro atoms. The van der Waals surface area contributed by atoms with Gasteiger partial charge in [-0.05, 0) is 68.1 Å². The molecule has 3 aliphatic carbocycles. The SMILES string of the molecule is CCO[C@@H](C(=O)N[C@@H](Cc1coc2ccccc12)B1OC2CC3CC(C3C)[C@]2(C)O1)c1ccccc1. The fourth-order valence-electron chi connectivity index (χ4n) is 6.69. The highest BCUT2D eigenvalue weighted by Gasteiger charge is 2.64. The lowest BCUT2D eigenvalue weighted by atomic mass is 9.51. The Balaban J connectivity index is 1.29. The molecule has 188 valence electrons. The van der Waals surface area contributed by atoms with E-state index in [4.69, 9.17) is 18.5 Å². The van der Waals surface area contributed by atoms with Gasteiger partial charge in [0.2, 0.25) is 0 Å². The molecule has 2 aromatic carbocycles. The van der Waals surface area contributed by atoms with Crippen LogP contribution in [0.5, 0.6) is 0 Å². The van der Waals surface area contributed by atoms with Crippen LogP contribution in [0, 0.1) is 17.8 Å². The van der Waals surface area contributed by atoms with Crippen molar-refractivity contribution in [3.63, 3.8) is 0 Å². The molecule has 2 bridgehead atoms. The van der Waals surface area contributed by atoms with Crippen molar-refractivity contribution in [2.75, 3.05) is 6.61 Å². The van der Waals surface area contributed by atoms with Crippen molar-refractivity contribution < 1.29 is 23.3 Å². The van der Waals surface area contributed by atoms with Crippen LogP contribution in [0.15, 0.2) is 65.3 Å². The van der Waals surface area contributed by atoms with Gasteiger partial charge in [-0.25, -0.2) is 0 Å². The summed E-state index contributed by atoms with van der Waals surface area (Å²) in [7, 11) is -0.540. The largest absolute Gasteiger partial charge is 0.482 e. The summed E-state index contributed by atoms with van der Waals surface area (Å²) in [5.74, 6) is 1.28. The van der Waals surface area contributed by atoms with Gasteiger partial charge in [0.1, 0.15) is 5.58 Å². The Morgan fingerprint density at radius 3 is 2.72 bits per heavy atom. The maximum absolute atomic E-state index is 13.6. The van der Waals surface area contributed by atoms with Crippen LogP contribution >= 0.6 is 0 Å². The molecule has 7 rings (SSSR count). The fourth-order valence-corrected chi connectivity index (χ4v) is 6.69. The molecule has 7 atom stereocenters. The number of fused-ring (bicyclic) bond motifs is 1. The zero-order valence-corrected chi connectivity index (χ0v) is 21.2. The van der Waals surface area contributed by atoms with Crippen LogP contribution < -0.4 is 5.32 Å². The third-order valence-corrected chi connectivity index (χ3v) is 8.83. The lowest BCUT2D eigenvalue weighted by Gasteiger charge is -2.58. The number of carbonyl (C=O) groups is 1. The Morgan fingerprint density at radius 2 is 1.94 bits per heavy atom. The summed E-state index contributed by atoms with van der Waals surface area (Å²) in [5.41, 5.74) is 2.36. The van der Waals surface area contributed by atoms with Crippen LogP contribution in [0.3, 0.4) is 0 Å². The molecule has 3 saturated carbocycles. The first-order valence-electron chi connectivity index (χ1n) is 13.2. The molecule has 1 aromatic heterocycles. The van der Waals surface area contributed by atoms with E-state index in [1.54, 1.807) is 6.26 Å². The first kappa shape index (κ1) is 23.8. The molecular formula is C29H34BNO5. The molecule has 3 aromatic rings. The molecule has 1 amide bonds. The average molecular weight is 487 g/mol. The lowest BCUT2D eigenvalue weighted by molar-refractivity contribution is -0.152. The first-order valence-corrected chi connectivity index (χ1v) is 13.2. The standard InChI is InChI=1S/C29H34BNO5/c1-4-33-27(19-10-6-5-7-11-19)28(32)31-26(16-21-17-34-24-13-9-8-12-22(21)24)30-35-25-15-20-14-23(18(20)2)29(25,3)36-30/h5-13,17-18,20,23,25-27H,4,14-16H2,1-3H3,(H,31,32)/t18?,20?,23?,25?,26-,27+,29-/m0/s1. The summed E-state index contributed by atoms with van der Waals surface area (Å²) in [6, 6.07) is 17.6. The second-order valence-electron chi connectivity index (χ2n) is 10.8. The van der Waals surface area contributed by atoms with E-state index < -0.39 is 13.2 Å². The minimum Gasteiger partial charge on any atom is -0.464 e. The number of rotatable bonds is 8. The van der Waals surface area contributed by atoms with Gasteiger partial charge in [-0.3, -0.25) is 4.79 Å². The van der Waals surface area contributed by atoms with Crippen molar-refractivity contribution in [3.8, 4) is 0 Å². The number of amides is 1. The number of benzene rings is 2. The summed E-state index contributed by atoms with van der Waals surface area (Å²) in [4.78, 5) is 13.6. The molecule has 6 nitrogen and oxygen atoms in total. The van der Waals surface area contributed by atoms with Gasteiger partial charge in [0.05, 0.1) is 23.9 Å². The molecule has 4 fully saturated rings. The Labute approximate surface area is 212 Å². The minimum atomic E-state index is -0.702. The van der Waals surface area contributed by atoms with Crippen molar-refractivity contribution in [1.82, 2.24) is 5.32 Å². The van der Waals surface area contributed by atoms with Gasteiger partial charge in [0, 0.05) is 12.0 Å². The number of ether oxygens (including phenoxy) is 1. The number of para-hydroxylation sites is 1. The highest BCUT2D eigenvalue weighted by atomic mass is 16.7. The summed E-state index contributed by atoms with van der Waals surface area (Å²) < 4.78 is 25.0. The predicted octanol–water partition coefficient (Wildman–Crippen LogP) is 5.12. The summed E-state index contributed by atoms with van der Waals surface area (Å²) in [6.45, 7) is 6.87. The normalized spacial score (nSPS) is 30.5. The van der Waals surface area contributed by atoms with E-state index in [1.807, 2.05) is 61.5 Å². The zero-order valence-electron chi connectivity index (χ0n) is 21.2. The quantitative estimate of drug-likeness (QED) is 0.447. The third kappa shape index (κ3) is 3.98. The topological polar surface area (TPSA) is 69.9 Å². The molecule has 1 saturated heterocycles. The number of nitrogens with one attached hydrogen (secondary N) is 1. The van der Waals surface area contributed by atoms with Crippen molar-refractivity contribution in [3.05, 3.63) is 72.0 Å².